The Morgan fingerprint density at radius 2 is 1.65 bits per heavy atom. The first kappa shape index (κ1) is 14.1. The van der Waals surface area contributed by atoms with Crippen molar-refractivity contribution in [3.8, 4) is 5.75 Å². The van der Waals surface area contributed by atoms with Gasteiger partial charge in [0.1, 0.15) is 12.4 Å². The molecule has 0 N–H and O–H groups in total. The Bertz CT molecular complexity index is 573. The van der Waals surface area contributed by atoms with E-state index in [-0.39, 0.29) is 0 Å². The van der Waals surface area contributed by atoms with Crippen LogP contribution in [0.3, 0.4) is 0 Å². The molecule has 2 rings (SSSR count). The second kappa shape index (κ2) is 7.34. The number of ether oxygens (including phenoxy) is 1. The van der Waals surface area contributed by atoms with E-state index < -0.39 is 0 Å². The van der Waals surface area contributed by atoms with Gasteiger partial charge < -0.3 is 4.74 Å². The van der Waals surface area contributed by atoms with E-state index >= 15 is 0 Å². The predicted octanol–water partition coefficient (Wildman–Crippen LogP) is 5.25. The molecule has 0 aromatic heterocycles. The second-order valence-corrected chi connectivity index (χ2v) is 4.95. The SMILES string of the molecule is CC(C)=C/C=C/c1ccc(OCc2ccccc2)cc1. The van der Waals surface area contributed by atoms with Gasteiger partial charge in [0.25, 0.3) is 0 Å². The van der Waals surface area contributed by atoms with Crippen LogP contribution in [0.25, 0.3) is 6.08 Å². The lowest BCUT2D eigenvalue weighted by molar-refractivity contribution is 0.306. The summed E-state index contributed by atoms with van der Waals surface area (Å²) in [5.41, 5.74) is 3.65. The van der Waals surface area contributed by atoms with Crippen molar-refractivity contribution in [1.29, 1.82) is 0 Å². The molecule has 2 aromatic rings. The maximum absolute atomic E-state index is 5.75. The van der Waals surface area contributed by atoms with Gasteiger partial charge in [0.2, 0.25) is 0 Å². The summed E-state index contributed by atoms with van der Waals surface area (Å²) in [5, 5.41) is 0. The Morgan fingerprint density at radius 1 is 0.950 bits per heavy atom. The molecule has 0 aliphatic rings. The van der Waals surface area contributed by atoms with Crippen molar-refractivity contribution in [2.24, 2.45) is 0 Å². The van der Waals surface area contributed by atoms with E-state index in [9.17, 15) is 0 Å². The summed E-state index contributed by atoms with van der Waals surface area (Å²) in [4.78, 5) is 0. The first-order valence-corrected chi connectivity index (χ1v) is 6.82. The van der Waals surface area contributed by atoms with Crippen LogP contribution in [0.1, 0.15) is 25.0 Å². The van der Waals surface area contributed by atoms with Crippen LogP contribution in [0.5, 0.6) is 5.75 Å². The minimum Gasteiger partial charge on any atom is -0.489 e. The Kier molecular flexibility index (Phi) is 5.19. The maximum atomic E-state index is 5.75. The van der Waals surface area contributed by atoms with Gasteiger partial charge in [-0.25, -0.2) is 0 Å². The number of benzene rings is 2. The van der Waals surface area contributed by atoms with E-state index in [2.05, 4.69) is 56.3 Å². The summed E-state index contributed by atoms with van der Waals surface area (Å²) in [5.74, 6) is 0.896. The molecule has 0 bridgehead atoms. The molecule has 0 saturated carbocycles. The molecule has 1 heteroatoms. The first-order chi connectivity index (χ1) is 9.74. The molecule has 0 fully saturated rings. The maximum Gasteiger partial charge on any atom is 0.119 e. The fourth-order valence-corrected chi connectivity index (χ4v) is 1.77. The highest BCUT2D eigenvalue weighted by Gasteiger charge is 1.95. The quantitative estimate of drug-likeness (QED) is 0.671. The zero-order valence-corrected chi connectivity index (χ0v) is 12.0. The van der Waals surface area contributed by atoms with Crippen LogP contribution in [-0.2, 0) is 6.61 Å². The van der Waals surface area contributed by atoms with Crippen molar-refractivity contribution in [1.82, 2.24) is 0 Å². The Balaban J connectivity index is 1.92. The highest BCUT2D eigenvalue weighted by Crippen LogP contribution is 2.15. The van der Waals surface area contributed by atoms with E-state index in [1.54, 1.807) is 0 Å². The van der Waals surface area contributed by atoms with Crippen molar-refractivity contribution in [2.45, 2.75) is 20.5 Å². The van der Waals surface area contributed by atoms with Gasteiger partial charge in [0, 0.05) is 0 Å². The fourth-order valence-electron chi connectivity index (χ4n) is 1.77. The third-order valence-electron chi connectivity index (χ3n) is 2.85. The van der Waals surface area contributed by atoms with Crippen LogP contribution in [0.15, 0.2) is 72.3 Å². The molecule has 20 heavy (non-hydrogen) atoms. The van der Waals surface area contributed by atoms with Crippen molar-refractivity contribution < 1.29 is 4.74 Å². The standard InChI is InChI=1S/C19H20O/c1-16(2)7-6-10-17-11-13-19(14-12-17)20-15-18-8-4-3-5-9-18/h3-14H,15H2,1-2H3/b10-6+. The van der Waals surface area contributed by atoms with E-state index in [1.807, 2.05) is 30.3 Å². The monoisotopic (exact) mass is 264 g/mol. The van der Waals surface area contributed by atoms with Gasteiger partial charge in [-0.05, 0) is 37.1 Å². The molecule has 2 aromatic carbocycles. The zero-order chi connectivity index (χ0) is 14.2. The summed E-state index contributed by atoms with van der Waals surface area (Å²) in [6.07, 6.45) is 6.25. The lowest BCUT2D eigenvalue weighted by Gasteiger charge is -2.06. The van der Waals surface area contributed by atoms with Gasteiger partial charge in [0.15, 0.2) is 0 Å². The van der Waals surface area contributed by atoms with Crippen LogP contribution in [0.4, 0.5) is 0 Å². The van der Waals surface area contributed by atoms with Crippen LogP contribution >= 0.6 is 0 Å². The van der Waals surface area contributed by atoms with Gasteiger partial charge in [0.05, 0.1) is 0 Å². The average Bonchev–Trinajstić information content (AvgIpc) is 2.47. The number of allylic oxidation sites excluding steroid dienone is 3. The van der Waals surface area contributed by atoms with Crippen LogP contribution in [-0.4, -0.2) is 0 Å². The normalized spacial score (nSPS) is 10.5. The molecule has 0 heterocycles. The van der Waals surface area contributed by atoms with Crippen LogP contribution in [0, 0.1) is 0 Å². The largest absolute Gasteiger partial charge is 0.489 e. The predicted molar refractivity (Wildman–Crippen MR) is 85.7 cm³/mol. The molecule has 1 nitrogen and oxygen atoms in total. The van der Waals surface area contributed by atoms with Gasteiger partial charge in [-0.3, -0.25) is 0 Å². The lowest BCUT2D eigenvalue weighted by atomic mass is 10.2. The first-order valence-electron chi connectivity index (χ1n) is 6.82. The third kappa shape index (κ3) is 4.77. The molecule has 0 unspecified atom stereocenters. The molecule has 0 saturated heterocycles. The Labute approximate surface area is 121 Å². The van der Waals surface area contributed by atoms with Gasteiger partial charge in [-0.2, -0.15) is 0 Å². The van der Waals surface area contributed by atoms with Crippen LogP contribution < -0.4 is 4.74 Å². The summed E-state index contributed by atoms with van der Waals surface area (Å²) < 4.78 is 5.75. The number of hydrogen-bond donors (Lipinski definition) is 0. The lowest BCUT2D eigenvalue weighted by Crippen LogP contribution is -1.94. The van der Waals surface area contributed by atoms with Crippen molar-refractivity contribution >= 4 is 6.08 Å². The molecule has 0 atom stereocenters. The van der Waals surface area contributed by atoms with E-state index in [4.69, 9.17) is 4.74 Å². The highest BCUT2D eigenvalue weighted by molar-refractivity contribution is 5.52. The third-order valence-corrected chi connectivity index (χ3v) is 2.85. The highest BCUT2D eigenvalue weighted by atomic mass is 16.5. The molecule has 0 spiro atoms. The molecular formula is C19H20O. The van der Waals surface area contributed by atoms with Crippen molar-refractivity contribution in [3.05, 3.63) is 83.4 Å². The van der Waals surface area contributed by atoms with Crippen LogP contribution in [0.2, 0.25) is 0 Å². The molecule has 102 valence electrons. The van der Waals surface area contributed by atoms with Gasteiger partial charge >= 0.3 is 0 Å². The number of hydrogen-bond acceptors (Lipinski definition) is 1. The second-order valence-electron chi connectivity index (χ2n) is 4.95. The zero-order valence-electron chi connectivity index (χ0n) is 12.0. The Hall–Kier alpha value is -2.28. The van der Waals surface area contributed by atoms with Crippen molar-refractivity contribution in [2.75, 3.05) is 0 Å². The molecule has 0 aliphatic heterocycles. The average molecular weight is 264 g/mol. The summed E-state index contributed by atoms with van der Waals surface area (Å²) in [6, 6.07) is 18.3. The van der Waals surface area contributed by atoms with Gasteiger partial charge in [-0.1, -0.05) is 66.3 Å². The molecule has 0 amide bonds. The molecular weight excluding hydrogens is 244 g/mol. The van der Waals surface area contributed by atoms with Gasteiger partial charge in [-0.15, -0.1) is 0 Å². The molecule has 0 radical (unpaired) electrons. The van der Waals surface area contributed by atoms with E-state index in [1.165, 1.54) is 16.7 Å². The van der Waals surface area contributed by atoms with E-state index in [0.717, 1.165) is 5.75 Å². The smallest absolute Gasteiger partial charge is 0.119 e. The summed E-state index contributed by atoms with van der Waals surface area (Å²) >= 11 is 0. The van der Waals surface area contributed by atoms with E-state index in [0.29, 0.717) is 6.61 Å². The number of rotatable bonds is 5. The summed E-state index contributed by atoms with van der Waals surface area (Å²) in [6.45, 7) is 4.78. The minimum atomic E-state index is 0.605. The minimum absolute atomic E-state index is 0.605. The topological polar surface area (TPSA) is 9.23 Å². The van der Waals surface area contributed by atoms with Crippen molar-refractivity contribution in [3.63, 3.8) is 0 Å². The molecule has 0 aliphatic carbocycles. The summed E-state index contributed by atoms with van der Waals surface area (Å²) in [7, 11) is 0. The fraction of sp³-hybridized carbons (Fsp3) is 0.158. The Morgan fingerprint density at radius 3 is 2.30 bits per heavy atom.